The Labute approximate surface area is 156 Å². The molecule has 1 atom stereocenters. The van der Waals surface area contributed by atoms with E-state index >= 15 is 0 Å². The van der Waals surface area contributed by atoms with Crippen LogP contribution in [0.1, 0.15) is 16.8 Å². The lowest BCUT2D eigenvalue weighted by Crippen LogP contribution is -2.31. The molecule has 25 heavy (non-hydrogen) atoms. The zero-order valence-electron chi connectivity index (χ0n) is 12.9. The standard InChI is InChI=1S/C16H13BrClN3O4/c17-10-1-4-15(19-8-10)25-12-5-6-20(9-12)16(22)13-7-11(21(23)24)2-3-14(13)18/h1-4,7-8,12H,5-6,9H2. The number of halogens is 2. The maximum Gasteiger partial charge on any atom is 0.270 e. The third-order valence-electron chi connectivity index (χ3n) is 3.81. The van der Waals surface area contributed by atoms with Crippen molar-refractivity contribution in [3.8, 4) is 5.88 Å². The van der Waals surface area contributed by atoms with Gasteiger partial charge < -0.3 is 9.64 Å². The van der Waals surface area contributed by atoms with Gasteiger partial charge in [0.2, 0.25) is 5.88 Å². The molecular formula is C16H13BrClN3O4. The van der Waals surface area contributed by atoms with E-state index in [1.54, 1.807) is 17.2 Å². The maximum atomic E-state index is 12.6. The molecule has 1 aromatic carbocycles. The van der Waals surface area contributed by atoms with Crippen LogP contribution in [0.25, 0.3) is 0 Å². The minimum Gasteiger partial charge on any atom is -0.472 e. The number of non-ortho nitro benzene ring substituents is 1. The van der Waals surface area contributed by atoms with Crippen molar-refractivity contribution < 1.29 is 14.5 Å². The molecule has 0 spiro atoms. The summed E-state index contributed by atoms with van der Waals surface area (Å²) in [7, 11) is 0. The molecule has 2 heterocycles. The molecule has 1 amide bonds. The Kier molecular flexibility index (Phi) is 5.19. The Morgan fingerprint density at radius 3 is 2.88 bits per heavy atom. The van der Waals surface area contributed by atoms with Crippen molar-refractivity contribution in [2.45, 2.75) is 12.5 Å². The molecule has 1 unspecified atom stereocenters. The van der Waals surface area contributed by atoms with Gasteiger partial charge in [-0.1, -0.05) is 11.6 Å². The van der Waals surface area contributed by atoms with Gasteiger partial charge >= 0.3 is 0 Å². The summed E-state index contributed by atoms with van der Waals surface area (Å²) in [6, 6.07) is 7.40. The summed E-state index contributed by atoms with van der Waals surface area (Å²) in [6.45, 7) is 0.856. The molecule has 1 aromatic heterocycles. The first-order valence-corrected chi connectivity index (χ1v) is 8.62. The van der Waals surface area contributed by atoms with E-state index in [1.807, 2.05) is 6.07 Å². The molecule has 0 bridgehead atoms. The average molecular weight is 427 g/mol. The normalized spacial score (nSPS) is 16.7. The van der Waals surface area contributed by atoms with Crippen LogP contribution in [-0.2, 0) is 0 Å². The molecular weight excluding hydrogens is 414 g/mol. The summed E-state index contributed by atoms with van der Waals surface area (Å²) in [5, 5.41) is 11.1. The van der Waals surface area contributed by atoms with Gasteiger partial charge in [-0.15, -0.1) is 0 Å². The van der Waals surface area contributed by atoms with Gasteiger partial charge in [-0.25, -0.2) is 4.98 Å². The number of hydrogen-bond acceptors (Lipinski definition) is 5. The van der Waals surface area contributed by atoms with E-state index in [0.717, 1.165) is 4.47 Å². The van der Waals surface area contributed by atoms with Crippen molar-refractivity contribution in [1.29, 1.82) is 0 Å². The predicted molar refractivity (Wildman–Crippen MR) is 95.0 cm³/mol. The summed E-state index contributed by atoms with van der Waals surface area (Å²) in [4.78, 5) is 28.7. The van der Waals surface area contributed by atoms with Gasteiger partial charge in [0.25, 0.3) is 11.6 Å². The molecule has 1 aliphatic rings. The molecule has 0 radical (unpaired) electrons. The maximum absolute atomic E-state index is 12.6. The molecule has 0 saturated carbocycles. The van der Waals surface area contributed by atoms with Crippen LogP contribution >= 0.6 is 27.5 Å². The van der Waals surface area contributed by atoms with E-state index in [1.165, 1.54) is 18.2 Å². The Morgan fingerprint density at radius 2 is 2.20 bits per heavy atom. The molecule has 0 aliphatic carbocycles. The highest BCUT2D eigenvalue weighted by Gasteiger charge is 2.30. The molecule has 0 N–H and O–H groups in total. The lowest BCUT2D eigenvalue weighted by molar-refractivity contribution is -0.384. The molecule has 7 nitrogen and oxygen atoms in total. The Balaban J connectivity index is 1.69. The summed E-state index contributed by atoms with van der Waals surface area (Å²) >= 11 is 9.34. The summed E-state index contributed by atoms with van der Waals surface area (Å²) in [6.07, 6.45) is 2.10. The minimum atomic E-state index is -0.553. The molecule has 2 aromatic rings. The number of hydrogen-bond donors (Lipinski definition) is 0. The number of nitrogens with zero attached hydrogens (tertiary/aromatic N) is 3. The number of rotatable bonds is 4. The van der Waals surface area contributed by atoms with Crippen molar-refractivity contribution in [1.82, 2.24) is 9.88 Å². The first kappa shape index (κ1) is 17.6. The molecule has 3 rings (SSSR count). The van der Waals surface area contributed by atoms with Crippen LogP contribution in [0.15, 0.2) is 41.0 Å². The van der Waals surface area contributed by atoms with Crippen LogP contribution < -0.4 is 4.74 Å². The van der Waals surface area contributed by atoms with E-state index in [-0.39, 0.29) is 28.3 Å². The van der Waals surface area contributed by atoms with E-state index in [0.29, 0.717) is 25.4 Å². The number of likely N-dealkylation sites (tertiary alicyclic amines) is 1. The third-order valence-corrected chi connectivity index (χ3v) is 4.61. The second kappa shape index (κ2) is 7.37. The molecule has 1 fully saturated rings. The van der Waals surface area contributed by atoms with Crippen LogP contribution in [0.4, 0.5) is 5.69 Å². The smallest absolute Gasteiger partial charge is 0.270 e. The Hall–Kier alpha value is -2.19. The fourth-order valence-corrected chi connectivity index (χ4v) is 3.01. The van der Waals surface area contributed by atoms with Crippen LogP contribution in [-0.4, -0.2) is 39.9 Å². The van der Waals surface area contributed by atoms with Crippen molar-refractivity contribution >= 4 is 39.1 Å². The summed E-state index contributed by atoms with van der Waals surface area (Å²) in [5.74, 6) is 0.138. The number of pyridine rings is 1. The SMILES string of the molecule is O=C(c1cc([N+](=O)[O-])ccc1Cl)N1CCC(Oc2ccc(Br)cn2)C1. The van der Waals surface area contributed by atoms with Gasteiger partial charge in [0.1, 0.15) is 6.10 Å². The third kappa shape index (κ3) is 4.08. The lowest BCUT2D eigenvalue weighted by atomic mass is 10.2. The second-order valence-electron chi connectivity index (χ2n) is 5.52. The van der Waals surface area contributed by atoms with Crippen molar-refractivity contribution in [2.75, 3.05) is 13.1 Å². The fourth-order valence-electron chi connectivity index (χ4n) is 2.57. The molecule has 1 aliphatic heterocycles. The Morgan fingerprint density at radius 1 is 1.40 bits per heavy atom. The lowest BCUT2D eigenvalue weighted by Gasteiger charge is -2.17. The van der Waals surface area contributed by atoms with Gasteiger partial charge in [-0.05, 0) is 28.1 Å². The van der Waals surface area contributed by atoms with Gasteiger partial charge in [0.05, 0.1) is 22.1 Å². The van der Waals surface area contributed by atoms with E-state index in [9.17, 15) is 14.9 Å². The topological polar surface area (TPSA) is 85.6 Å². The average Bonchev–Trinajstić information content (AvgIpc) is 3.05. The number of amides is 1. The number of carbonyl (C=O) groups is 1. The molecule has 9 heteroatoms. The largest absolute Gasteiger partial charge is 0.472 e. The van der Waals surface area contributed by atoms with E-state index in [2.05, 4.69) is 20.9 Å². The summed E-state index contributed by atoms with van der Waals surface area (Å²) in [5.41, 5.74) is -0.0444. The van der Waals surface area contributed by atoms with Gasteiger partial charge in [-0.2, -0.15) is 0 Å². The van der Waals surface area contributed by atoms with Crippen molar-refractivity contribution in [2.24, 2.45) is 0 Å². The number of ether oxygens (including phenoxy) is 1. The minimum absolute atomic E-state index is 0.123. The highest BCUT2D eigenvalue weighted by Crippen LogP contribution is 2.26. The van der Waals surface area contributed by atoms with Crippen LogP contribution in [0.3, 0.4) is 0 Å². The Bertz CT molecular complexity index is 816. The van der Waals surface area contributed by atoms with Crippen LogP contribution in [0, 0.1) is 10.1 Å². The quantitative estimate of drug-likeness (QED) is 0.550. The number of aromatic nitrogens is 1. The molecule has 1 saturated heterocycles. The fraction of sp³-hybridized carbons (Fsp3) is 0.250. The number of benzene rings is 1. The van der Waals surface area contributed by atoms with Gasteiger partial charge in [0.15, 0.2) is 0 Å². The van der Waals surface area contributed by atoms with E-state index in [4.69, 9.17) is 16.3 Å². The van der Waals surface area contributed by atoms with Crippen LogP contribution in [0.5, 0.6) is 5.88 Å². The monoisotopic (exact) mass is 425 g/mol. The predicted octanol–water partition coefficient (Wildman–Crippen LogP) is 3.70. The second-order valence-corrected chi connectivity index (χ2v) is 6.84. The van der Waals surface area contributed by atoms with E-state index < -0.39 is 4.92 Å². The highest BCUT2D eigenvalue weighted by molar-refractivity contribution is 9.10. The number of carbonyl (C=O) groups excluding carboxylic acids is 1. The zero-order chi connectivity index (χ0) is 18.0. The summed E-state index contributed by atoms with van der Waals surface area (Å²) < 4.78 is 6.62. The first-order chi connectivity index (χ1) is 11.9. The van der Waals surface area contributed by atoms with Crippen molar-refractivity contribution in [3.63, 3.8) is 0 Å². The number of nitro groups is 1. The van der Waals surface area contributed by atoms with Gasteiger partial charge in [-0.3, -0.25) is 14.9 Å². The number of nitro benzene ring substituents is 1. The highest BCUT2D eigenvalue weighted by atomic mass is 79.9. The zero-order valence-corrected chi connectivity index (χ0v) is 15.2. The van der Waals surface area contributed by atoms with Gasteiger partial charge in [0, 0.05) is 41.8 Å². The van der Waals surface area contributed by atoms with Crippen LogP contribution in [0.2, 0.25) is 5.02 Å². The van der Waals surface area contributed by atoms with Crippen molar-refractivity contribution in [3.05, 3.63) is 61.7 Å². The first-order valence-electron chi connectivity index (χ1n) is 7.45. The molecule has 130 valence electrons.